The predicted molar refractivity (Wildman–Crippen MR) is 74.4 cm³/mol. The Kier molecular flexibility index (Phi) is 3.24. The van der Waals surface area contributed by atoms with E-state index in [1.807, 2.05) is 6.07 Å². The summed E-state index contributed by atoms with van der Waals surface area (Å²) in [4.78, 5) is 22.6. The van der Waals surface area contributed by atoms with E-state index < -0.39 is 5.97 Å². The van der Waals surface area contributed by atoms with E-state index in [2.05, 4.69) is 23.5 Å². The Morgan fingerprint density at radius 3 is 2.95 bits per heavy atom. The van der Waals surface area contributed by atoms with E-state index in [1.165, 1.54) is 11.1 Å². The normalized spacial score (nSPS) is 26.9. The minimum Gasteiger partial charge on any atom is -0.481 e. The van der Waals surface area contributed by atoms with Crippen LogP contribution in [0.1, 0.15) is 36.8 Å². The molecule has 1 spiro atoms. The Bertz CT molecular complexity index is 554. The zero-order valence-electron chi connectivity index (χ0n) is 11.4. The van der Waals surface area contributed by atoms with Gasteiger partial charge in [-0.15, -0.1) is 0 Å². The van der Waals surface area contributed by atoms with E-state index in [1.54, 1.807) is 0 Å². The number of benzene rings is 1. The fourth-order valence-electron chi connectivity index (χ4n) is 3.59. The van der Waals surface area contributed by atoms with E-state index in [0.29, 0.717) is 0 Å². The Balaban J connectivity index is 1.69. The smallest absolute Gasteiger partial charge is 0.305 e. The van der Waals surface area contributed by atoms with Crippen molar-refractivity contribution in [3.63, 3.8) is 0 Å². The molecule has 0 saturated heterocycles. The second kappa shape index (κ2) is 4.93. The van der Waals surface area contributed by atoms with Gasteiger partial charge in [-0.05, 0) is 36.8 Å². The number of rotatable bonds is 4. The third-order valence-corrected chi connectivity index (χ3v) is 4.65. The second-order valence-corrected chi connectivity index (χ2v) is 5.86. The highest BCUT2D eigenvalue weighted by atomic mass is 16.4. The highest BCUT2D eigenvalue weighted by Crippen LogP contribution is 2.60. The molecule has 1 aromatic carbocycles. The van der Waals surface area contributed by atoms with Crippen molar-refractivity contribution in [3.8, 4) is 0 Å². The molecule has 1 aromatic rings. The summed E-state index contributed by atoms with van der Waals surface area (Å²) >= 11 is 0. The minimum absolute atomic E-state index is 0.0119. The molecular weight excluding hydrogens is 254 g/mol. The molecule has 4 heteroatoms. The van der Waals surface area contributed by atoms with Crippen LogP contribution in [0.15, 0.2) is 24.3 Å². The van der Waals surface area contributed by atoms with Gasteiger partial charge in [-0.1, -0.05) is 24.3 Å². The van der Waals surface area contributed by atoms with Crippen molar-refractivity contribution in [1.82, 2.24) is 5.32 Å². The molecule has 2 N–H and O–H groups in total. The van der Waals surface area contributed by atoms with Crippen LogP contribution in [0.25, 0.3) is 0 Å². The molecule has 2 aliphatic carbocycles. The van der Waals surface area contributed by atoms with Crippen molar-refractivity contribution in [2.45, 2.75) is 37.5 Å². The van der Waals surface area contributed by atoms with Gasteiger partial charge in [-0.2, -0.15) is 0 Å². The molecule has 1 fully saturated rings. The number of carbonyl (C=O) groups is 2. The van der Waals surface area contributed by atoms with Gasteiger partial charge >= 0.3 is 5.97 Å². The molecule has 2 atom stereocenters. The molecule has 0 unspecified atom stereocenters. The Hall–Kier alpha value is -1.84. The molecule has 4 nitrogen and oxygen atoms in total. The zero-order valence-corrected chi connectivity index (χ0v) is 11.4. The topological polar surface area (TPSA) is 66.4 Å². The van der Waals surface area contributed by atoms with Gasteiger partial charge in [0.05, 0.1) is 6.42 Å². The second-order valence-electron chi connectivity index (χ2n) is 5.86. The summed E-state index contributed by atoms with van der Waals surface area (Å²) in [5, 5.41) is 11.4. The molecule has 2 aliphatic rings. The number of aryl methyl sites for hydroxylation is 1. The van der Waals surface area contributed by atoms with Crippen LogP contribution in [0.2, 0.25) is 0 Å². The summed E-state index contributed by atoms with van der Waals surface area (Å²) in [6.45, 7) is 0.225. The number of aliphatic carboxylic acids is 1. The number of fused-ring (bicyclic) bond motifs is 2. The van der Waals surface area contributed by atoms with Gasteiger partial charge in [0.25, 0.3) is 0 Å². The molecule has 0 aromatic heterocycles. The van der Waals surface area contributed by atoms with Crippen LogP contribution < -0.4 is 5.32 Å². The van der Waals surface area contributed by atoms with Gasteiger partial charge < -0.3 is 10.4 Å². The van der Waals surface area contributed by atoms with Crippen molar-refractivity contribution in [2.24, 2.45) is 5.92 Å². The highest BCUT2D eigenvalue weighted by molar-refractivity contribution is 5.85. The van der Waals surface area contributed by atoms with Crippen LogP contribution >= 0.6 is 0 Å². The van der Waals surface area contributed by atoms with Crippen molar-refractivity contribution in [2.75, 3.05) is 6.54 Å². The first-order valence-electron chi connectivity index (χ1n) is 7.21. The average molecular weight is 273 g/mol. The molecular formula is C16H19NO3. The third kappa shape index (κ3) is 2.19. The summed E-state index contributed by atoms with van der Waals surface area (Å²) < 4.78 is 0. The van der Waals surface area contributed by atoms with Crippen molar-refractivity contribution < 1.29 is 14.7 Å². The number of amides is 1. The van der Waals surface area contributed by atoms with Crippen molar-refractivity contribution in [1.29, 1.82) is 0 Å². The van der Waals surface area contributed by atoms with Crippen molar-refractivity contribution >= 4 is 11.9 Å². The maximum atomic E-state index is 12.2. The largest absolute Gasteiger partial charge is 0.481 e. The van der Waals surface area contributed by atoms with E-state index in [9.17, 15) is 9.59 Å². The van der Waals surface area contributed by atoms with Gasteiger partial charge in [-0.25, -0.2) is 0 Å². The standard InChI is InChI=1S/C16H19NO3/c18-14(19)7-9-17-15(20)13-10-16(13)8-3-5-11-4-1-2-6-12(11)16/h1-2,4,6,13H,3,5,7-10H2,(H,17,20)(H,18,19)/t13-,16-/m1/s1. The lowest BCUT2D eigenvalue weighted by Crippen LogP contribution is -2.31. The number of hydrogen-bond acceptors (Lipinski definition) is 2. The SMILES string of the molecule is O=C(O)CCNC(=O)[C@H]1C[C@@]12CCCc1ccccc12. The van der Waals surface area contributed by atoms with Crippen LogP contribution in [0.5, 0.6) is 0 Å². The fourth-order valence-corrected chi connectivity index (χ4v) is 3.59. The van der Waals surface area contributed by atoms with Gasteiger partial charge in [0, 0.05) is 17.9 Å². The van der Waals surface area contributed by atoms with E-state index >= 15 is 0 Å². The number of carbonyl (C=O) groups excluding carboxylic acids is 1. The number of carboxylic acid groups (broad SMARTS) is 1. The lowest BCUT2D eigenvalue weighted by atomic mass is 9.78. The summed E-state index contributed by atoms with van der Waals surface area (Å²) in [6, 6.07) is 8.42. The molecule has 0 bridgehead atoms. The summed E-state index contributed by atoms with van der Waals surface area (Å²) in [5.41, 5.74) is 2.74. The Labute approximate surface area is 118 Å². The maximum Gasteiger partial charge on any atom is 0.305 e. The molecule has 3 rings (SSSR count). The molecule has 0 aliphatic heterocycles. The van der Waals surface area contributed by atoms with Crippen LogP contribution in [-0.2, 0) is 21.4 Å². The van der Waals surface area contributed by atoms with Crippen LogP contribution in [0.4, 0.5) is 0 Å². The van der Waals surface area contributed by atoms with Gasteiger partial charge in [0.1, 0.15) is 0 Å². The molecule has 0 heterocycles. The van der Waals surface area contributed by atoms with Gasteiger partial charge in [0.15, 0.2) is 0 Å². The lowest BCUT2D eigenvalue weighted by molar-refractivity contribution is -0.136. The summed E-state index contributed by atoms with van der Waals surface area (Å²) in [7, 11) is 0. The van der Waals surface area contributed by atoms with E-state index in [-0.39, 0.29) is 30.2 Å². The first-order valence-corrected chi connectivity index (χ1v) is 7.21. The maximum absolute atomic E-state index is 12.2. The molecule has 1 amide bonds. The predicted octanol–water partition coefficient (Wildman–Crippen LogP) is 1.87. The number of carboxylic acids is 1. The Morgan fingerprint density at radius 1 is 1.35 bits per heavy atom. The Morgan fingerprint density at radius 2 is 2.15 bits per heavy atom. The monoisotopic (exact) mass is 273 g/mol. The van der Waals surface area contributed by atoms with Gasteiger partial charge in [0.2, 0.25) is 5.91 Å². The molecule has 1 saturated carbocycles. The average Bonchev–Trinajstić information content (AvgIpc) is 3.14. The minimum atomic E-state index is -0.876. The van der Waals surface area contributed by atoms with Crippen LogP contribution in [-0.4, -0.2) is 23.5 Å². The van der Waals surface area contributed by atoms with E-state index in [0.717, 1.165) is 25.7 Å². The third-order valence-electron chi connectivity index (χ3n) is 4.65. The molecule has 106 valence electrons. The van der Waals surface area contributed by atoms with Crippen LogP contribution in [0, 0.1) is 5.92 Å². The molecule has 20 heavy (non-hydrogen) atoms. The first kappa shape index (κ1) is 13.2. The lowest BCUT2D eigenvalue weighted by Gasteiger charge is -2.26. The fraction of sp³-hybridized carbons (Fsp3) is 0.500. The summed E-state index contributed by atoms with van der Waals surface area (Å²) in [6.07, 6.45) is 4.20. The molecule has 0 radical (unpaired) electrons. The number of nitrogens with one attached hydrogen (secondary N) is 1. The van der Waals surface area contributed by atoms with E-state index in [4.69, 9.17) is 5.11 Å². The number of hydrogen-bond donors (Lipinski definition) is 2. The quantitative estimate of drug-likeness (QED) is 0.880. The van der Waals surface area contributed by atoms with Crippen molar-refractivity contribution in [3.05, 3.63) is 35.4 Å². The first-order chi connectivity index (χ1) is 9.63. The zero-order chi connectivity index (χ0) is 14.2. The van der Waals surface area contributed by atoms with Gasteiger partial charge in [-0.3, -0.25) is 9.59 Å². The highest BCUT2D eigenvalue weighted by Gasteiger charge is 2.59. The van der Waals surface area contributed by atoms with Crippen LogP contribution in [0.3, 0.4) is 0 Å². The summed E-state index contributed by atoms with van der Waals surface area (Å²) in [5.74, 6) is -0.834.